The van der Waals surface area contributed by atoms with E-state index in [-0.39, 0.29) is 17.9 Å². The summed E-state index contributed by atoms with van der Waals surface area (Å²) in [5.41, 5.74) is 4.33. The van der Waals surface area contributed by atoms with Gasteiger partial charge in [0, 0.05) is 11.6 Å². The Balaban J connectivity index is 1.50. The quantitative estimate of drug-likeness (QED) is 0.120. The van der Waals surface area contributed by atoms with Gasteiger partial charge in [0.25, 0.3) is 11.8 Å². The molecular formula is C39H37FN2O3. The molecule has 0 spiro atoms. The van der Waals surface area contributed by atoms with Crippen molar-refractivity contribution in [2.24, 2.45) is 0 Å². The monoisotopic (exact) mass is 600 g/mol. The number of fused-ring (bicyclic) bond motifs is 2. The van der Waals surface area contributed by atoms with E-state index in [1.807, 2.05) is 48.5 Å². The molecule has 228 valence electrons. The number of hydrogen-bond acceptors (Lipinski definition) is 4. The molecule has 0 saturated carbocycles. The molecule has 0 bridgehead atoms. The predicted octanol–water partition coefficient (Wildman–Crippen LogP) is 9.55. The van der Waals surface area contributed by atoms with Crippen LogP contribution in [0.3, 0.4) is 0 Å². The fraction of sp³-hybridized carbons (Fsp3) is 0.256. The lowest BCUT2D eigenvalue weighted by Crippen LogP contribution is -2.29. The number of halogens is 1. The van der Waals surface area contributed by atoms with Crippen molar-refractivity contribution in [2.45, 2.75) is 64.5 Å². The van der Waals surface area contributed by atoms with Gasteiger partial charge in [0.15, 0.2) is 5.75 Å². The number of amides is 2. The normalized spacial score (nSPS) is 15.2. The van der Waals surface area contributed by atoms with Crippen LogP contribution in [0.4, 0.5) is 4.39 Å². The zero-order valence-corrected chi connectivity index (χ0v) is 25.5. The highest BCUT2D eigenvalue weighted by molar-refractivity contribution is 6.27. The lowest BCUT2D eigenvalue weighted by Gasteiger charge is -2.24. The lowest BCUT2D eigenvalue weighted by molar-refractivity contribution is 0.0640. The van der Waals surface area contributed by atoms with Crippen molar-refractivity contribution in [3.63, 3.8) is 0 Å². The molecule has 2 aliphatic rings. The van der Waals surface area contributed by atoms with Gasteiger partial charge in [0.1, 0.15) is 17.4 Å². The number of benzene rings is 3. The Kier molecular flexibility index (Phi) is 9.30. The Bertz CT molecular complexity index is 1790. The number of nitrogens with zero attached hydrogens (tertiary/aromatic N) is 2. The first-order valence-corrected chi connectivity index (χ1v) is 15.9. The van der Waals surface area contributed by atoms with Crippen LogP contribution in [0.5, 0.6) is 5.75 Å². The van der Waals surface area contributed by atoms with Gasteiger partial charge >= 0.3 is 0 Å². The molecule has 0 fully saturated rings. The van der Waals surface area contributed by atoms with Crippen LogP contribution >= 0.6 is 0 Å². The molecule has 0 N–H and O–H groups in total. The minimum Gasteiger partial charge on any atom is -0.478 e. The number of hydrogen-bond donors (Lipinski definition) is 0. The number of rotatable bonds is 12. The summed E-state index contributed by atoms with van der Waals surface area (Å²) < 4.78 is 20.6. The third-order valence-corrected chi connectivity index (χ3v) is 8.40. The maximum Gasteiger partial charge on any atom is 0.265 e. The van der Waals surface area contributed by atoms with Crippen LogP contribution in [-0.4, -0.2) is 21.7 Å². The second kappa shape index (κ2) is 13.9. The van der Waals surface area contributed by atoms with E-state index in [0.717, 1.165) is 55.0 Å². The molecule has 45 heavy (non-hydrogen) atoms. The summed E-state index contributed by atoms with van der Waals surface area (Å²) in [4.78, 5) is 34.5. The second-order valence-corrected chi connectivity index (χ2v) is 11.6. The molecule has 2 amide bonds. The fourth-order valence-corrected chi connectivity index (χ4v) is 6.09. The smallest absolute Gasteiger partial charge is 0.265 e. The number of allylic oxidation sites excluding steroid dienone is 3. The molecule has 6 rings (SSSR count). The maximum atomic E-state index is 14.3. The van der Waals surface area contributed by atoms with Gasteiger partial charge < -0.3 is 4.74 Å². The number of unbranched alkanes of at least 4 members (excludes halogenated alkanes) is 4. The van der Waals surface area contributed by atoms with Gasteiger partial charge in [-0.05, 0) is 66.1 Å². The summed E-state index contributed by atoms with van der Waals surface area (Å²) in [5.74, 6) is -0.916. The van der Waals surface area contributed by atoms with Crippen molar-refractivity contribution in [1.29, 1.82) is 0 Å². The topological polar surface area (TPSA) is 59.5 Å². The second-order valence-electron chi connectivity index (χ2n) is 11.6. The number of aromatic nitrogens is 1. The van der Waals surface area contributed by atoms with Crippen molar-refractivity contribution in [2.75, 3.05) is 0 Å². The van der Waals surface area contributed by atoms with Crippen molar-refractivity contribution >= 4 is 28.8 Å². The molecule has 0 radical (unpaired) electrons. The van der Waals surface area contributed by atoms with Gasteiger partial charge in [0.2, 0.25) is 0 Å². The minimum absolute atomic E-state index is 0.0199. The number of carbonyl (C=O) groups is 2. The van der Waals surface area contributed by atoms with E-state index < -0.39 is 17.9 Å². The average Bonchev–Trinajstić information content (AvgIpc) is 3.32. The van der Waals surface area contributed by atoms with Gasteiger partial charge in [-0.3, -0.25) is 19.5 Å². The summed E-state index contributed by atoms with van der Waals surface area (Å²) in [5, 5.41) is 0.751. The Labute approximate surface area is 263 Å². The van der Waals surface area contributed by atoms with Crippen LogP contribution in [0.1, 0.15) is 95.4 Å². The zero-order chi connectivity index (χ0) is 31.2. The largest absolute Gasteiger partial charge is 0.478 e. The van der Waals surface area contributed by atoms with Crippen LogP contribution in [0, 0.1) is 5.82 Å². The van der Waals surface area contributed by atoms with Crippen molar-refractivity contribution < 1.29 is 18.7 Å². The van der Waals surface area contributed by atoms with Gasteiger partial charge in [-0.2, -0.15) is 0 Å². The van der Waals surface area contributed by atoms with Gasteiger partial charge in [-0.1, -0.05) is 105 Å². The van der Waals surface area contributed by atoms with E-state index in [0.29, 0.717) is 28.0 Å². The molecule has 1 aliphatic heterocycles. The third kappa shape index (κ3) is 6.37. The molecule has 1 unspecified atom stereocenters. The van der Waals surface area contributed by atoms with E-state index >= 15 is 0 Å². The third-order valence-electron chi connectivity index (χ3n) is 8.40. The van der Waals surface area contributed by atoms with Gasteiger partial charge in [0.05, 0.1) is 17.7 Å². The van der Waals surface area contributed by atoms with E-state index in [2.05, 4.69) is 31.2 Å². The number of pyridine rings is 1. The van der Waals surface area contributed by atoms with Crippen LogP contribution in [0.15, 0.2) is 103 Å². The first-order valence-electron chi connectivity index (χ1n) is 15.9. The Hall–Kier alpha value is -4.84. The molecule has 0 saturated heterocycles. The van der Waals surface area contributed by atoms with Crippen molar-refractivity contribution in [1.82, 2.24) is 9.88 Å². The van der Waals surface area contributed by atoms with Crippen LogP contribution < -0.4 is 4.74 Å². The van der Waals surface area contributed by atoms with Gasteiger partial charge in [-0.15, -0.1) is 0 Å². The molecule has 5 nitrogen and oxygen atoms in total. The van der Waals surface area contributed by atoms with Gasteiger partial charge in [-0.25, -0.2) is 4.39 Å². The molecular weight excluding hydrogens is 563 g/mol. The molecule has 1 aliphatic carbocycles. The number of carbonyl (C=O) groups excluding carboxylic acids is 2. The SMILES string of the molecule is CCCCCC/C=C/c1c2c(c(OC(C3=CCCC=C3)c3ccccc3)c3ncccc13)C(=O)N(Cc1ccc(F)cc1)C2=O. The summed E-state index contributed by atoms with van der Waals surface area (Å²) in [6.45, 7) is 2.21. The Morgan fingerprint density at radius 3 is 2.49 bits per heavy atom. The molecule has 1 aromatic heterocycles. The maximum absolute atomic E-state index is 14.3. The van der Waals surface area contributed by atoms with Crippen molar-refractivity contribution in [3.05, 3.63) is 136 Å². The highest BCUT2D eigenvalue weighted by atomic mass is 19.1. The molecule has 4 aromatic rings. The fourth-order valence-electron chi connectivity index (χ4n) is 6.09. The molecule has 1 atom stereocenters. The summed E-state index contributed by atoms with van der Waals surface area (Å²) >= 11 is 0. The van der Waals surface area contributed by atoms with Crippen LogP contribution in [-0.2, 0) is 6.54 Å². The number of ether oxygens (including phenoxy) is 1. The first-order chi connectivity index (χ1) is 22.1. The van der Waals surface area contributed by atoms with E-state index in [1.54, 1.807) is 18.3 Å². The van der Waals surface area contributed by atoms with Crippen LogP contribution in [0.25, 0.3) is 17.0 Å². The van der Waals surface area contributed by atoms with Crippen molar-refractivity contribution in [3.8, 4) is 5.75 Å². The molecule has 3 aromatic carbocycles. The molecule has 6 heteroatoms. The highest BCUT2D eigenvalue weighted by Gasteiger charge is 2.42. The highest BCUT2D eigenvalue weighted by Crippen LogP contribution is 2.44. The van der Waals surface area contributed by atoms with E-state index in [4.69, 9.17) is 9.72 Å². The number of imide groups is 1. The lowest BCUT2D eigenvalue weighted by atomic mass is 9.94. The predicted molar refractivity (Wildman–Crippen MR) is 176 cm³/mol. The summed E-state index contributed by atoms with van der Waals surface area (Å²) in [7, 11) is 0. The average molecular weight is 601 g/mol. The Morgan fingerprint density at radius 2 is 1.73 bits per heavy atom. The van der Waals surface area contributed by atoms with E-state index in [1.165, 1.54) is 23.5 Å². The zero-order valence-electron chi connectivity index (χ0n) is 25.5. The first kappa shape index (κ1) is 30.2. The standard InChI is InChI=1S/C39H37FN2O3/c1-2-3-4-5-6-13-19-31-32-20-14-25-41-35(32)37(45-36(28-15-9-7-10-16-28)29-17-11-8-12-18-29)34-33(31)38(43)42(39(34)44)26-27-21-23-30(40)24-22-27/h7,9-11,13-25,36H,2-6,8,12,26H2,1H3/b19-13+. The minimum atomic E-state index is -0.508. The van der Waals surface area contributed by atoms with E-state index in [9.17, 15) is 14.0 Å². The molecule has 2 heterocycles. The summed E-state index contributed by atoms with van der Waals surface area (Å²) in [6, 6.07) is 19.5. The Morgan fingerprint density at radius 1 is 0.933 bits per heavy atom. The van der Waals surface area contributed by atoms with Crippen LogP contribution in [0.2, 0.25) is 0 Å². The summed E-state index contributed by atoms with van der Waals surface area (Å²) in [6.07, 6.45) is 18.8.